The van der Waals surface area contributed by atoms with Crippen LogP contribution in [0.5, 0.6) is 0 Å². The Morgan fingerprint density at radius 3 is 3.13 bits per heavy atom. The van der Waals surface area contributed by atoms with E-state index in [9.17, 15) is 4.79 Å². The molecule has 5 heteroatoms. The maximum Gasteiger partial charge on any atom is 0.226 e. The monoisotopic (exact) mass is 249 g/mol. The lowest BCUT2D eigenvalue weighted by molar-refractivity contribution is -0.141. The summed E-state index contributed by atoms with van der Waals surface area (Å²) in [5.74, 6) is 3.13. The van der Waals surface area contributed by atoms with Crippen LogP contribution in [0.2, 0.25) is 0 Å². The molecule has 0 aliphatic carbocycles. The van der Waals surface area contributed by atoms with Gasteiger partial charge in [-0.2, -0.15) is 11.8 Å². The van der Waals surface area contributed by atoms with Crippen LogP contribution in [0.3, 0.4) is 0 Å². The molecule has 2 unspecified atom stereocenters. The molecule has 86 valence electrons. The fourth-order valence-corrected chi connectivity index (χ4v) is 3.40. The number of alkyl halides is 1. The molecule has 2 aliphatic heterocycles. The first-order valence-electron chi connectivity index (χ1n) is 5.35. The molecule has 3 nitrogen and oxygen atoms in total. The third-order valence-corrected chi connectivity index (χ3v) is 4.41. The zero-order chi connectivity index (χ0) is 10.7. The SMILES string of the molecule is O=C(C1CCSC1)N1CCOC(CCl)C1. The van der Waals surface area contributed by atoms with Gasteiger partial charge in [-0.15, -0.1) is 11.6 Å². The first-order chi connectivity index (χ1) is 7.31. The Labute approximate surface area is 99.5 Å². The van der Waals surface area contributed by atoms with E-state index in [0.29, 0.717) is 24.9 Å². The summed E-state index contributed by atoms with van der Waals surface area (Å²) < 4.78 is 5.44. The highest BCUT2D eigenvalue weighted by atomic mass is 35.5. The molecule has 2 rings (SSSR count). The summed E-state index contributed by atoms with van der Waals surface area (Å²) in [5, 5.41) is 0. The van der Waals surface area contributed by atoms with Crippen LogP contribution in [-0.2, 0) is 9.53 Å². The molecule has 0 spiro atoms. The van der Waals surface area contributed by atoms with E-state index in [1.165, 1.54) is 0 Å². The van der Waals surface area contributed by atoms with Gasteiger partial charge in [0, 0.05) is 24.8 Å². The molecule has 2 heterocycles. The minimum atomic E-state index is 0.0263. The summed E-state index contributed by atoms with van der Waals surface area (Å²) >= 11 is 7.62. The van der Waals surface area contributed by atoms with Crippen LogP contribution in [0.1, 0.15) is 6.42 Å². The van der Waals surface area contributed by atoms with Crippen molar-refractivity contribution in [1.29, 1.82) is 0 Å². The fraction of sp³-hybridized carbons (Fsp3) is 0.900. The van der Waals surface area contributed by atoms with Crippen LogP contribution < -0.4 is 0 Å². The minimum absolute atomic E-state index is 0.0263. The Morgan fingerprint density at radius 1 is 1.60 bits per heavy atom. The number of halogens is 1. The summed E-state index contributed by atoms with van der Waals surface area (Å²) in [7, 11) is 0. The second kappa shape index (κ2) is 5.41. The molecule has 1 amide bonds. The second-order valence-electron chi connectivity index (χ2n) is 3.99. The van der Waals surface area contributed by atoms with E-state index in [-0.39, 0.29) is 12.0 Å². The van der Waals surface area contributed by atoms with Gasteiger partial charge in [-0.25, -0.2) is 0 Å². The first-order valence-corrected chi connectivity index (χ1v) is 7.04. The van der Waals surface area contributed by atoms with Gasteiger partial charge >= 0.3 is 0 Å². The highest BCUT2D eigenvalue weighted by Crippen LogP contribution is 2.25. The fourth-order valence-electron chi connectivity index (χ4n) is 2.00. The third kappa shape index (κ3) is 2.80. The van der Waals surface area contributed by atoms with Gasteiger partial charge in [0.05, 0.1) is 18.6 Å². The van der Waals surface area contributed by atoms with Gasteiger partial charge in [-0.05, 0) is 12.2 Å². The Morgan fingerprint density at radius 2 is 2.47 bits per heavy atom. The Bertz CT molecular complexity index is 233. The van der Waals surface area contributed by atoms with Crippen molar-refractivity contribution in [2.24, 2.45) is 5.92 Å². The zero-order valence-electron chi connectivity index (χ0n) is 8.65. The van der Waals surface area contributed by atoms with Crippen molar-refractivity contribution in [3.63, 3.8) is 0 Å². The van der Waals surface area contributed by atoms with Crippen LogP contribution >= 0.6 is 23.4 Å². The highest BCUT2D eigenvalue weighted by Gasteiger charge is 2.30. The number of nitrogens with zero attached hydrogens (tertiary/aromatic N) is 1. The average molecular weight is 250 g/mol. The van der Waals surface area contributed by atoms with Crippen molar-refractivity contribution in [2.45, 2.75) is 12.5 Å². The summed E-state index contributed by atoms with van der Waals surface area (Å²) in [6, 6.07) is 0. The predicted octanol–water partition coefficient (Wildman–Crippen LogP) is 1.21. The van der Waals surface area contributed by atoms with Crippen molar-refractivity contribution in [3.05, 3.63) is 0 Å². The Kier molecular flexibility index (Phi) is 4.17. The van der Waals surface area contributed by atoms with E-state index < -0.39 is 0 Å². The lowest BCUT2D eigenvalue weighted by atomic mass is 10.1. The lowest BCUT2D eigenvalue weighted by Gasteiger charge is -2.33. The average Bonchev–Trinajstić information content (AvgIpc) is 2.81. The number of ether oxygens (including phenoxy) is 1. The van der Waals surface area contributed by atoms with E-state index in [0.717, 1.165) is 24.5 Å². The summed E-state index contributed by atoms with van der Waals surface area (Å²) in [6.07, 6.45) is 1.06. The standard InChI is InChI=1S/C10H16ClNO2S/c11-5-9-6-12(2-3-14-9)10(13)8-1-4-15-7-8/h8-9H,1-7H2. The van der Waals surface area contributed by atoms with Gasteiger partial charge in [-0.1, -0.05) is 0 Å². The molecule has 0 bridgehead atoms. The van der Waals surface area contributed by atoms with Crippen LogP contribution in [-0.4, -0.2) is 54.0 Å². The van der Waals surface area contributed by atoms with E-state index in [4.69, 9.17) is 16.3 Å². The summed E-state index contributed by atoms with van der Waals surface area (Å²) in [4.78, 5) is 14.0. The van der Waals surface area contributed by atoms with Gasteiger partial charge in [0.2, 0.25) is 5.91 Å². The smallest absolute Gasteiger partial charge is 0.226 e. The molecule has 2 fully saturated rings. The van der Waals surface area contributed by atoms with Gasteiger partial charge in [0.25, 0.3) is 0 Å². The molecule has 0 N–H and O–H groups in total. The van der Waals surface area contributed by atoms with Gasteiger partial charge < -0.3 is 9.64 Å². The van der Waals surface area contributed by atoms with Gasteiger partial charge in [0.15, 0.2) is 0 Å². The third-order valence-electron chi connectivity index (χ3n) is 2.90. The Balaban J connectivity index is 1.88. The number of thioether (sulfide) groups is 1. The van der Waals surface area contributed by atoms with Crippen molar-refractivity contribution >= 4 is 29.3 Å². The van der Waals surface area contributed by atoms with E-state index in [1.54, 1.807) is 0 Å². The number of hydrogen-bond acceptors (Lipinski definition) is 3. The molecule has 15 heavy (non-hydrogen) atoms. The molecule has 0 aromatic rings. The molecule has 0 radical (unpaired) electrons. The molecule has 2 saturated heterocycles. The van der Waals surface area contributed by atoms with Crippen LogP contribution in [0, 0.1) is 5.92 Å². The van der Waals surface area contributed by atoms with E-state index in [2.05, 4.69) is 0 Å². The lowest BCUT2D eigenvalue weighted by Crippen LogP contribution is -2.48. The highest BCUT2D eigenvalue weighted by molar-refractivity contribution is 7.99. The second-order valence-corrected chi connectivity index (χ2v) is 5.45. The van der Waals surface area contributed by atoms with E-state index in [1.807, 2.05) is 16.7 Å². The summed E-state index contributed by atoms with van der Waals surface area (Å²) in [5.41, 5.74) is 0. The topological polar surface area (TPSA) is 29.5 Å². The van der Waals surface area contributed by atoms with Gasteiger partial charge in [-0.3, -0.25) is 4.79 Å². The maximum absolute atomic E-state index is 12.1. The molecule has 0 aromatic heterocycles. The predicted molar refractivity (Wildman–Crippen MR) is 62.5 cm³/mol. The number of carbonyl (C=O) groups is 1. The normalized spacial score (nSPS) is 31.9. The Hall–Kier alpha value is 0.0700. The minimum Gasteiger partial charge on any atom is -0.373 e. The number of hydrogen-bond donors (Lipinski definition) is 0. The van der Waals surface area contributed by atoms with Crippen LogP contribution in [0.25, 0.3) is 0 Å². The number of amides is 1. The van der Waals surface area contributed by atoms with Crippen molar-refractivity contribution < 1.29 is 9.53 Å². The maximum atomic E-state index is 12.1. The van der Waals surface area contributed by atoms with Crippen molar-refractivity contribution in [3.8, 4) is 0 Å². The molecule has 0 saturated carbocycles. The molecule has 0 aromatic carbocycles. The number of rotatable bonds is 2. The zero-order valence-corrected chi connectivity index (χ0v) is 10.2. The number of morpholine rings is 1. The quantitative estimate of drug-likeness (QED) is 0.689. The largest absolute Gasteiger partial charge is 0.373 e. The van der Waals surface area contributed by atoms with Crippen LogP contribution in [0.4, 0.5) is 0 Å². The van der Waals surface area contributed by atoms with E-state index >= 15 is 0 Å². The molecular weight excluding hydrogens is 234 g/mol. The van der Waals surface area contributed by atoms with Crippen LogP contribution in [0.15, 0.2) is 0 Å². The van der Waals surface area contributed by atoms with Gasteiger partial charge in [0.1, 0.15) is 0 Å². The number of carbonyl (C=O) groups excluding carboxylic acids is 1. The first kappa shape index (κ1) is 11.6. The molecular formula is C10H16ClNO2S. The van der Waals surface area contributed by atoms with Crippen molar-refractivity contribution in [2.75, 3.05) is 37.1 Å². The molecule has 2 atom stereocenters. The summed E-state index contributed by atoms with van der Waals surface area (Å²) in [6.45, 7) is 2.03. The molecule has 2 aliphatic rings. The van der Waals surface area contributed by atoms with Crippen molar-refractivity contribution in [1.82, 2.24) is 4.90 Å².